The van der Waals surface area contributed by atoms with E-state index in [2.05, 4.69) is 16.8 Å². The second-order valence-electron chi connectivity index (χ2n) is 9.87. The maximum absolute atomic E-state index is 13.3. The smallest absolute Gasteiger partial charge is 0.264 e. The Morgan fingerprint density at radius 2 is 1.65 bits per heavy atom. The first-order valence-corrected chi connectivity index (χ1v) is 12.1. The first-order valence-electron chi connectivity index (χ1n) is 12.1. The third-order valence-corrected chi connectivity index (χ3v) is 7.88. The third kappa shape index (κ3) is 3.94. The Labute approximate surface area is 200 Å². The minimum atomic E-state index is -0.147. The molecule has 4 N–H and O–H groups in total. The van der Waals surface area contributed by atoms with Crippen molar-refractivity contribution in [2.75, 3.05) is 23.7 Å². The van der Waals surface area contributed by atoms with Gasteiger partial charge in [0.2, 0.25) is 5.95 Å². The zero-order chi connectivity index (χ0) is 23.9. The molecule has 0 radical (unpaired) electrons. The van der Waals surface area contributed by atoms with Crippen molar-refractivity contribution < 1.29 is 4.74 Å². The molecular formula is C27H33N5O2. The zero-order valence-electron chi connectivity index (χ0n) is 19.9. The number of anilines is 2. The van der Waals surface area contributed by atoms with E-state index in [1.165, 1.54) is 12.8 Å². The summed E-state index contributed by atoms with van der Waals surface area (Å²) < 4.78 is 7.48. The van der Waals surface area contributed by atoms with Gasteiger partial charge < -0.3 is 21.1 Å². The van der Waals surface area contributed by atoms with Crippen LogP contribution in [0.25, 0.3) is 11.1 Å². The van der Waals surface area contributed by atoms with Gasteiger partial charge >= 0.3 is 0 Å². The summed E-state index contributed by atoms with van der Waals surface area (Å²) in [6.07, 6.45) is 4.45. The van der Waals surface area contributed by atoms with Gasteiger partial charge in [-0.05, 0) is 66.8 Å². The highest BCUT2D eigenvalue weighted by molar-refractivity contribution is 5.74. The summed E-state index contributed by atoms with van der Waals surface area (Å²) in [4.78, 5) is 20.2. The lowest BCUT2D eigenvalue weighted by molar-refractivity contribution is 0.185. The van der Waals surface area contributed by atoms with Gasteiger partial charge in [-0.1, -0.05) is 37.3 Å². The molecule has 7 heteroatoms. The van der Waals surface area contributed by atoms with E-state index in [-0.39, 0.29) is 22.8 Å². The Hall–Kier alpha value is -3.32. The number of hydrogen-bond donors (Lipinski definition) is 2. The molecule has 0 bridgehead atoms. The number of piperidine rings is 1. The predicted octanol–water partition coefficient (Wildman–Crippen LogP) is 4.17. The average molecular weight is 460 g/mol. The fourth-order valence-corrected chi connectivity index (χ4v) is 5.68. The summed E-state index contributed by atoms with van der Waals surface area (Å²) in [7, 11) is 1.77. The number of benzene rings is 2. The lowest BCUT2D eigenvalue weighted by atomic mass is 9.73. The Morgan fingerprint density at radius 3 is 2.26 bits per heavy atom. The van der Waals surface area contributed by atoms with Crippen molar-refractivity contribution in [3.63, 3.8) is 0 Å². The minimum absolute atomic E-state index is 0.147. The van der Waals surface area contributed by atoms with Crippen LogP contribution >= 0.6 is 0 Å². The lowest BCUT2D eigenvalue weighted by Gasteiger charge is -2.43. The van der Waals surface area contributed by atoms with Crippen LogP contribution in [0.15, 0.2) is 59.4 Å². The van der Waals surface area contributed by atoms with Crippen LogP contribution < -0.4 is 26.7 Å². The molecule has 2 fully saturated rings. The van der Waals surface area contributed by atoms with Crippen molar-refractivity contribution in [3.8, 4) is 22.6 Å². The summed E-state index contributed by atoms with van der Waals surface area (Å²) in [5.74, 6) is 2.91. The second kappa shape index (κ2) is 8.80. The number of ether oxygens (including phenoxy) is 1. The van der Waals surface area contributed by atoms with Crippen molar-refractivity contribution >= 4 is 11.8 Å². The first kappa shape index (κ1) is 22.5. The minimum Gasteiger partial charge on any atom is -0.457 e. The molecule has 34 heavy (non-hydrogen) atoms. The molecule has 1 saturated carbocycles. The summed E-state index contributed by atoms with van der Waals surface area (Å²) in [6, 6.07) is 17.2. The molecule has 1 aliphatic heterocycles. The van der Waals surface area contributed by atoms with Crippen molar-refractivity contribution in [3.05, 3.63) is 65.0 Å². The van der Waals surface area contributed by atoms with Gasteiger partial charge in [0.1, 0.15) is 17.3 Å². The lowest BCUT2D eigenvalue weighted by Crippen LogP contribution is -2.49. The largest absolute Gasteiger partial charge is 0.457 e. The molecule has 3 aromatic rings. The maximum Gasteiger partial charge on any atom is 0.264 e. The number of nitrogens with zero attached hydrogens (tertiary/aromatic N) is 3. The molecule has 1 saturated heterocycles. The molecule has 2 aliphatic rings. The first-order chi connectivity index (χ1) is 16.4. The van der Waals surface area contributed by atoms with Crippen molar-refractivity contribution in [2.24, 2.45) is 24.1 Å². The quantitative estimate of drug-likeness (QED) is 0.608. The summed E-state index contributed by atoms with van der Waals surface area (Å²) in [5.41, 5.74) is 14.1. The highest BCUT2D eigenvalue weighted by Gasteiger charge is 2.46. The second-order valence-corrected chi connectivity index (χ2v) is 9.87. The average Bonchev–Trinajstić information content (AvgIpc) is 3.12. The Balaban J connectivity index is 1.36. The predicted molar refractivity (Wildman–Crippen MR) is 136 cm³/mol. The summed E-state index contributed by atoms with van der Waals surface area (Å²) in [5, 5.41) is 0. The number of para-hydroxylation sites is 1. The van der Waals surface area contributed by atoms with Gasteiger partial charge in [-0.3, -0.25) is 9.36 Å². The Morgan fingerprint density at radius 1 is 1.00 bits per heavy atom. The van der Waals surface area contributed by atoms with Crippen LogP contribution in [0, 0.1) is 11.3 Å². The molecular weight excluding hydrogens is 426 g/mol. The highest BCUT2D eigenvalue weighted by atomic mass is 16.5. The van der Waals surface area contributed by atoms with Crippen molar-refractivity contribution in [2.45, 2.75) is 38.6 Å². The van der Waals surface area contributed by atoms with E-state index < -0.39 is 0 Å². The molecule has 7 nitrogen and oxygen atoms in total. The molecule has 1 spiro atoms. The van der Waals surface area contributed by atoms with Gasteiger partial charge in [0.15, 0.2) is 0 Å². The summed E-state index contributed by atoms with van der Waals surface area (Å²) >= 11 is 0. The fourth-order valence-electron chi connectivity index (χ4n) is 5.68. The van der Waals surface area contributed by atoms with E-state index >= 15 is 0 Å². The molecule has 0 amide bonds. The standard InChI is InChI=1S/C27H33N5O2/c1-18-12-13-27(23(18)28)14-16-32(17-15-27)26-30-24(29)22(25(33)31(26)2)19-8-10-21(11-9-19)34-20-6-4-3-5-7-20/h3-11,18,23H,12-17,28-29H2,1-2H3/t18-,23-/m1/s1. The number of aromatic nitrogens is 2. The van der Waals surface area contributed by atoms with E-state index in [4.69, 9.17) is 16.2 Å². The normalized spacial score (nSPS) is 21.7. The van der Waals surface area contributed by atoms with Gasteiger partial charge in [-0.2, -0.15) is 4.98 Å². The molecule has 0 unspecified atom stereocenters. The fraction of sp³-hybridized carbons (Fsp3) is 0.407. The number of nitrogens with two attached hydrogens (primary N) is 2. The van der Waals surface area contributed by atoms with Crippen LogP contribution in [-0.4, -0.2) is 28.7 Å². The van der Waals surface area contributed by atoms with E-state index in [1.54, 1.807) is 11.6 Å². The number of nitrogen functional groups attached to an aromatic ring is 1. The Kier molecular flexibility index (Phi) is 5.81. The molecule has 5 rings (SSSR count). The molecule has 178 valence electrons. The highest BCUT2D eigenvalue weighted by Crippen LogP contribution is 2.48. The topological polar surface area (TPSA) is 99.4 Å². The van der Waals surface area contributed by atoms with Crippen molar-refractivity contribution in [1.82, 2.24) is 9.55 Å². The Bertz CT molecular complexity index is 1210. The van der Waals surface area contributed by atoms with Crippen LogP contribution in [0.3, 0.4) is 0 Å². The van der Waals surface area contributed by atoms with E-state index in [0.717, 1.165) is 37.2 Å². The molecule has 1 aromatic heterocycles. The van der Waals surface area contributed by atoms with Gasteiger partial charge in [-0.15, -0.1) is 0 Å². The van der Waals surface area contributed by atoms with Crippen LogP contribution in [0.1, 0.15) is 32.6 Å². The summed E-state index contributed by atoms with van der Waals surface area (Å²) in [6.45, 7) is 3.94. The monoisotopic (exact) mass is 459 g/mol. The maximum atomic E-state index is 13.3. The van der Waals surface area contributed by atoms with Crippen LogP contribution in [0.5, 0.6) is 11.5 Å². The van der Waals surface area contributed by atoms with Gasteiger partial charge in [0, 0.05) is 26.2 Å². The van der Waals surface area contributed by atoms with Crippen LogP contribution in [0.4, 0.5) is 11.8 Å². The number of rotatable bonds is 4. The number of hydrogen-bond acceptors (Lipinski definition) is 6. The van der Waals surface area contributed by atoms with E-state index in [0.29, 0.717) is 23.2 Å². The molecule has 2 atom stereocenters. The van der Waals surface area contributed by atoms with Gasteiger partial charge in [0.05, 0.1) is 5.56 Å². The van der Waals surface area contributed by atoms with Crippen LogP contribution in [-0.2, 0) is 7.05 Å². The van der Waals surface area contributed by atoms with Gasteiger partial charge in [0.25, 0.3) is 5.56 Å². The molecule has 2 heterocycles. The molecule has 2 aromatic carbocycles. The zero-order valence-corrected chi connectivity index (χ0v) is 19.9. The third-order valence-electron chi connectivity index (χ3n) is 7.88. The molecule has 1 aliphatic carbocycles. The van der Waals surface area contributed by atoms with Crippen LogP contribution in [0.2, 0.25) is 0 Å². The van der Waals surface area contributed by atoms with E-state index in [1.807, 2.05) is 54.6 Å². The van der Waals surface area contributed by atoms with Gasteiger partial charge in [-0.25, -0.2) is 0 Å². The SMILES string of the molecule is C[C@@H]1CCC2(CCN(c3nc(N)c(-c4ccc(Oc5ccccc5)cc4)c(=O)n3C)CC2)[C@@H]1N. The van der Waals surface area contributed by atoms with Crippen molar-refractivity contribution in [1.29, 1.82) is 0 Å². The van der Waals surface area contributed by atoms with E-state index in [9.17, 15) is 4.79 Å².